The zero-order chi connectivity index (χ0) is 15.4. The molecule has 2 amide bonds. The summed E-state index contributed by atoms with van der Waals surface area (Å²) in [6.07, 6.45) is -1.73. The van der Waals surface area contributed by atoms with E-state index in [4.69, 9.17) is 0 Å². The molecule has 1 aliphatic rings. The summed E-state index contributed by atoms with van der Waals surface area (Å²) in [7, 11) is 0. The second-order valence-corrected chi connectivity index (χ2v) is 5.37. The Morgan fingerprint density at radius 3 is 2.67 bits per heavy atom. The van der Waals surface area contributed by atoms with E-state index in [0.717, 1.165) is 12.1 Å². The quantitative estimate of drug-likeness (QED) is 0.665. The Bertz CT molecular complexity index is 485. The molecule has 6 heteroatoms. The van der Waals surface area contributed by atoms with Crippen molar-refractivity contribution in [1.29, 1.82) is 0 Å². The number of amides is 2. The van der Waals surface area contributed by atoms with E-state index in [2.05, 4.69) is 17.6 Å². The molecular weight excluding hydrogens is 270 g/mol. The lowest BCUT2D eigenvalue weighted by Crippen LogP contribution is -2.34. The van der Waals surface area contributed by atoms with Crippen LogP contribution in [0.25, 0.3) is 0 Å². The molecule has 4 N–H and O–H groups in total. The van der Waals surface area contributed by atoms with Gasteiger partial charge in [-0.05, 0) is 31.2 Å². The highest BCUT2D eigenvalue weighted by atomic mass is 16.3. The van der Waals surface area contributed by atoms with Crippen LogP contribution in [0.2, 0.25) is 0 Å². The van der Waals surface area contributed by atoms with E-state index < -0.39 is 12.2 Å². The van der Waals surface area contributed by atoms with E-state index in [1.807, 2.05) is 31.2 Å². The maximum Gasteiger partial charge on any atom is 0.322 e. The third kappa shape index (κ3) is 3.93. The number of nitrogens with one attached hydrogen (secondary N) is 2. The molecule has 2 rings (SSSR count). The first-order valence-electron chi connectivity index (χ1n) is 7.26. The minimum atomic E-state index is -0.865. The molecule has 1 aromatic rings. The van der Waals surface area contributed by atoms with Gasteiger partial charge in [-0.15, -0.1) is 0 Å². The molecule has 3 unspecified atom stereocenters. The standard InChI is InChI=1S/C15H23N3O3/c1-3-16-10(2)11-5-4-6-12(7-11)17-15(21)18-8-13(19)14(20)9-18/h4-7,10,13-14,16,19-20H,3,8-9H2,1-2H3,(H,17,21). The van der Waals surface area contributed by atoms with E-state index in [1.165, 1.54) is 4.90 Å². The van der Waals surface area contributed by atoms with Crippen LogP contribution in [-0.2, 0) is 0 Å². The number of aliphatic hydroxyl groups excluding tert-OH is 2. The predicted molar refractivity (Wildman–Crippen MR) is 81.1 cm³/mol. The van der Waals surface area contributed by atoms with Gasteiger partial charge in [0.2, 0.25) is 0 Å². The van der Waals surface area contributed by atoms with E-state index in [9.17, 15) is 15.0 Å². The molecular formula is C15H23N3O3. The van der Waals surface area contributed by atoms with Crippen LogP contribution >= 0.6 is 0 Å². The molecule has 0 aromatic heterocycles. The number of rotatable bonds is 4. The fourth-order valence-electron chi connectivity index (χ4n) is 2.45. The summed E-state index contributed by atoms with van der Waals surface area (Å²) >= 11 is 0. The zero-order valence-electron chi connectivity index (χ0n) is 12.4. The second-order valence-electron chi connectivity index (χ2n) is 5.37. The fraction of sp³-hybridized carbons (Fsp3) is 0.533. The number of hydrogen-bond donors (Lipinski definition) is 4. The number of hydrogen-bond acceptors (Lipinski definition) is 4. The van der Waals surface area contributed by atoms with Gasteiger partial charge in [0.05, 0.1) is 25.3 Å². The first-order chi connectivity index (χ1) is 10.0. The van der Waals surface area contributed by atoms with E-state index in [0.29, 0.717) is 5.69 Å². The highest BCUT2D eigenvalue weighted by Gasteiger charge is 2.32. The minimum absolute atomic E-state index is 0.153. The van der Waals surface area contributed by atoms with E-state index in [-0.39, 0.29) is 25.2 Å². The van der Waals surface area contributed by atoms with Crippen LogP contribution < -0.4 is 10.6 Å². The van der Waals surface area contributed by atoms with Gasteiger partial charge in [0.25, 0.3) is 0 Å². The van der Waals surface area contributed by atoms with Crippen molar-refractivity contribution in [2.45, 2.75) is 32.1 Å². The number of anilines is 1. The lowest BCUT2D eigenvalue weighted by molar-refractivity contribution is 0.0572. The van der Waals surface area contributed by atoms with Gasteiger partial charge in [0.15, 0.2) is 0 Å². The number of benzene rings is 1. The van der Waals surface area contributed by atoms with Gasteiger partial charge in [-0.3, -0.25) is 0 Å². The highest BCUT2D eigenvalue weighted by Crippen LogP contribution is 2.18. The monoisotopic (exact) mass is 293 g/mol. The van der Waals surface area contributed by atoms with Crippen LogP contribution in [0.5, 0.6) is 0 Å². The van der Waals surface area contributed by atoms with Gasteiger partial charge in [-0.2, -0.15) is 0 Å². The Hall–Kier alpha value is -1.63. The predicted octanol–water partition coefficient (Wildman–Crippen LogP) is 0.926. The van der Waals surface area contributed by atoms with Crippen LogP contribution in [0, 0.1) is 0 Å². The lowest BCUT2D eigenvalue weighted by atomic mass is 10.1. The molecule has 0 saturated carbocycles. The first-order valence-corrected chi connectivity index (χ1v) is 7.26. The number of urea groups is 1. The highest BCUT2D eigenvalue weighted by molar-refractivity contribution is 5.89. The van der Waals surface area contributed by atoms with E-state index >= 15 is 0 Å². The van der Waals surface area contributed by atoms with Gasteiger partial charge in [0.1, 0.15) is 0 Å². The average Bonchev–Trinajstić information content (AvgIpc) is 2.79. The molecule has 0 spiro atoms. The zero-order valence-corrected chi connectivity index (χ0v) is 12.4. The molecule has 0 radical (unpaired) electrons. The van der Waals surface area contributed by atoms with Crippen molar-refractivity contribution >= 4 is 11.7 Å². The minimum Gasteiger partial charge on any atom is -0.388 e. The normalized spacial score (nSPS) is 23.1. The van der Waals surface area contributed by atoms with Crippen LogP contribution in [0.3, 0.4) is 0 Å². The van der Waals surface area contributed by atoms with Crippen molar-refractivity contribution in [2.75, 3.05) is 25.0 Å². The average molecular weight is 293 g/mol. The van der Waals surface area contributed by atoms with Gasteiger partial charge in [-0.1, -0.05) is 19.1 Å². The molecule has 21 heavy (non-hydrogen) atoms. The third-order valence-corrected chi connectivity index (χ3v) is 3.69. The van der Waals surface area contributed by atoms with E-state index in [1.54, 1.807) is 0 Å². The summed E-state index contributed by atoms with van der Waals surface area (Å²) in [5.74, 6) is 0. The number of nitrogens with zero attached hydrogens (tertiary/aromatic N) is 1. The smallest absolute Gasteiger partial charge is 0.322 e. The van der Waals surface area contributed by atoms with Crippen molar-refractivity contribution in [3.63, 3.8) is 0 Å². The largest absolute Gasteiger partial charge is 0.388 e. The molecule has 116 valence electrons. The van der Waals surface area contributed by atoms with Crippen LogP contribution in [-0.4, -0.2) is 53.0 Å². The molecule has 6 nitrogen and oxygen atoms in total. The number of carbonyl (C=O) groups excluding carboxylic acids is 1. The number of aliphatic hydroxyl groups is 2. The Labute approximate surface area is 124 Å². The lowest BCUT2D eigenvalue weighted by Gasteiger charge is -2.18. The summed E-state index contributed by atoms with van der Waals surface area (Å²) < 4.78 is 0. The Morgan fingerprint density at radius 2 is 2.05 bits per heavy atom. The van der Waals surface area contributed by atoms with Gasteiger partial charge in [-0.25, -0.2) is 4.79 Å². The molecule has 1 aliphatic heterocycles. The molecule has 0 aliphatic carbocycles. The number of β-amino-alcohol motifs (C(OH)–C–C–N with tert-alkyl or cyclic N) is 2. The van der Waals surface area contributed by atoms with Crippen molar-refractivity contribution < 1.29 is 15.0 Å². The molecule has 1 heterocycles. The summed E-state index contributed by atoms with van der Waals surface area (Å²) in [6, 6.07) is 7.55. The van der Waals surface area contributed by atoms with Crippen molar-refractivity contribution in [1.82, 2.24) is 10.2 Å². The fourth-order valence-corrected chi connectivity index (χ4v) is 2.45. The van der Waals surface area contributed by atoms with Gasteiger partial charge in [0, 0.05) is 11.7 Å². The molecule has 0 bridgehead atoms. The second kappa shape index (κ2) is 6.89. The molecule has 1 saturated heterocycles. The van der Waals surface area contributed by atoms with Crippen molar-refractivity contribution in [2.24, 2.45) is 0 Å². The van der Waals surface area contributed by atoms with Gasteiger partial charge < -0.3 is 25.7 Å². The van der Waals surface area contributed by atoms with Crippen molar-refractivity contribution in [3.05, 3.63) is 29.8 Å². The maximum atomic E-state index is 12.1. The van der Waals surface area contributed by atoms with Crippen LogP contribution in [0.1, 0.15) is 25.5 Å². The number of likely N-dealkylation sites (tertiary alicyclic amines) is 1. The Kier molecular flexibility index (Phi) is 5.17. The maximum absolute atomic E-state index is 12.1. The molecule has 3 atom stereocenters. The summed E-state index contributed by atoms with van der Waals surface area (Å²) in [6.45, 7) is 5.30. The number of carbonyl (C=O) groups is 1. The van der Waals surface area contributed by atoms with Crippen LogP contribution in [0.15, 0.2) is 24.3 Å². The molecule has 1 fully saturated rings. The third-order valence-electron chi connectivity index (χ3n) is 3.69. The first kappa shape index (κ1) is 15.8. The Balaban J connectivity index is 1.99. The molecule has 1 aromatic carbocycles. The van der Waals surface area contributed by atoms with Crippen molar-refractivity contribution in [3.8, 4) is 0 Å². The summed E-state index contributed by atoms with van der Waals surface area (Å²) in [4.78, 5) is 13.5. The summed E-state index contributed by atoms with van der Waals surface area (Å²) in [5.41, 5.74) is 1.80. The topological polar surface area (TPSA) is 84.8 Å². The Morgan fingerprint density at radius 1 is 1.38 bits per heavy atom. The van der Waals surface area contributed by atoms with Gasteiger partial charge >= 0.3 is 6.03 Å². The SMILES string of the molecule is CCNC(C)c1cccc(NC(=O)N2CC(O)C(O)C2)c1. The van der Waals surface area contributed by atoms with Crippen LogP contribution in [0.4, 0.5) is 10.5 Å². The summed E-state index contributed by atoms with van der Waals surface area (Å²) in [5, 5.41) is 25.1.